The molecule has 10 heteroatoms. The fourth-order valence-corrected chi connectivity index (χ4v) is 5.25. The van der Waals surface area contributed by atoms with E-state index in [0.717, 1.165) is 17.5 Å². The van der Waals surface area contributed by atoms with Crippen LogP contribution >= 0.6 is 0 Å². The van der Waals surface area contributed by atoms with E-state index in [0.29, 0.717) is 35.7 Å². The highest BCUT2D eigenvalue weighted by Crippen LogP contribution is 2.33. The van der Waals surface area contributed by atoms with E-state index in [1.165, 1.54) is 36.4 Å². The Hall–Kier alpha value is -3.53. The first-order valence-corrected chi connectivity index (χ1v) is 13.1. The van der Waals surface area contributed by atoms with E-state index in [4.69, 9.17) is 0 Å². The second-order valence-electron chi connectivity index (χ2n) is 8.79. The molecular weight excluding hydrogens is 475 g/mol. The zero-order valence-corrected chi connectivity index (χ0v) is 19.9. The second-order valence-corrected chi connectivity index (χ2v) is 10.8. The van der Waals surface area contributed by atoms with Crippen molar-refractivity contribution in [3.8, 4) is 0 Å². The van der Waals surface area contributed by atoms with Crippen LogP contribution < -0.4 is 5.32 Å². The van der Waals surface area contributed by atoms with Gasteiger partial charge in [-0.15, -0.1) is 0 Å². The largest absolute Gasteiger partial charge is 0.480 e. The fourth-order valence-electron chi connectivity index (χ4n) is 4.62. The molecule has 184 valence electrons. The van der Waals surface area contributed by atoms with Gasteiger partial charge in [-0.25, -0.2) is 12.8 Å². The first-order chi connectivity index (χ1) is 16.5. The molecule has 2 aromatic carbocycles. The van der Waals surface area contributed by atoms with Crippen molar-refractivity contribution in [3.05, 3.63) is 65.1 Å². The number of hydrogen-bond donors (Lipinski definition) is 2. The average Bonchev–Trinajstić information content (AvgIpc) is 3.08. The van der Waals surface area contributed by atoms with Gasteiger partial charge >= 0.3 is 5.97 Å². The number of carboxylic acids is 1. The number of aromatic nitrogens is 1. The van der Waals surface area contributed by atoms with E-state index in [-0.39, 0.29) is 42.0 Å². The highest BCUT2D eigenvalue weighted by atomic mass is 32.2. The van der Waals surface area contributed by atoms with Crippen LogP contribution in [0, 0.1) is 5.82 Å². The smallest absolute Gasteiger partial charge is 0.323 e. The summed E-state index contributed by atoms with van der Waals surface area (Å²) in [6, 6.07) is 9.66. The molecule has 1 atom stereocenters. The van der Waals surface area contributed by atoms with Gasteiger partial charge in [0.2, 0.25) is 5.91 Å². The van der Waals surface area contributed by atoms with Crippen LogP contribution in [0.3, 0.4) is 0 Å². The maximum atomic E-state index is 13.9. The van der Waals surface area contributed by atoms with Crippen molar-refractivity contribution in [1.82, 2.24) is 9.88 Å². The monoisotopic (exact) mass is 500 g/mol. The maximum Gasteiger partial charge on any atom is 0.323 e. The van der Waals surface area contributed by atoms with Crippen molar-refractivity contribution >= 4 is 38.4 Å². The highest BCUT2D eigenvalue weighted by molar-refractivity contribution is 7.90. The van der Waals surface area contributed by atoms with Gasteiger partial charge in [-0.3, -0.25) is 14.4 Å². The zero-order valence-electron chi connectivity index (χ0n) is 19.1. The van der Waals surface area contributed by atoms with E-state index < -0.39 is 21.6 Å². The van der Waals surface area contributed by atoms with Crippen LogP contribution in [0.2, 0.25) is 0 Å². The molecule has 8 nitrogen and oxygen atoms in total. The molecule has 1 aromatic heterocycles. The molecule has 1 aliphatic rings. The number of ketones is 1. The van der Waals surface area contributed by atoms with Crippen molar-refractivity contribution in [1.29, 1.82) is 0 Å². The molecule has 0 fully saturated rings. The summed E-state index contributed by atoms with van der Waals surface area (Å²) in [5.74, 6) is -1.96. The van der Waals surface area contributed by atoms with E-state index in [1.807, 2.05) is 0 Å². The van der Waals surface area contributed by atoms with Gasteiger partial charge in [-0.1, -0.05) is 12.1 Å². The number of amides is 1. The van der Waals surface area contributed by atoms with E-state index in [2.05, 4.69) is 5.32 Å². The minimum Gasteiger partial charge on any atom is -0.480 e. The third kappa shape index (κ3) is 5.43. The predicted octanol–water partition coefficient (Wildman–Crippen LogP) is 2.91. The summed E-state index contributed by atoms with van der Waals surface area (Å²) in [4.78, 5) is 36.4. The van der Waals surface area contributed by atoms with Gasteiger partial charge in [0.05, 0.1) is 4.90 Å². The van der Waals surface area contributed by atoms with Gasteiger partial charge in [0.1, 0.15) is 12.4 Å². The normalized spacial score (nSPS) is 15.5. The van der Waals surface area contributed by atoms with E-state index >= 15 is 0 Å². The maximum absolute atomic E-state index is 13.9. The molecule has 0 spiro atoms. The van der Waals surface area contributed by atoms with E-state index in [1.54, 1.807) is 10.6 Å². The molecule has 1 unspecified atom stereocenters. The third-order valence-corrected chi connectivity index (χ3v) is 7.40. The Morgan fingerprint density at radius 1 is 1.11 bits per heavy atom. The van der Waals surface area contributed by atoms with Crippen LogP contribution in [0.5, 0.6) is 0 Å². The molecule has 0 radical (unpaired) electrons. The number of Topliss-reactive ketones (excluding diaryl/α,β-unsaturated/α-hetero) is 1. The Morgan fingerprint density at radius 2 is 1.83 bits per heavy atom. The number of carbonyl (C=O) groups is 3. The molecule has 0 aliphatic heterocycles. The summed E-state index contributed by atoms with van der Waals surface area (Å²) >= 11 is 0. The van der Waals surface area contributed by atoms with Crippen LogP contribution in [-0.2, 0) is 38.8 Å². The molecule has 1 heterocycles. The standard InChI is InChI=1S/C25H25FN2O6S/c1-35(33,34)18-6-2-15(3-7-18)23(29)10-11-24(30)27-17-5-9-22-20(13-17)19-12-16(26)4-8-21(19)28(22)14-25(31)32/h2-4,6-8,12,17H,5,9-11,13-14H2,1H3,(H,27,30)(H,31,32). The number of sulfone groups is 1. The van der Waals surface area contributed by atoms with Crippen molar-refractivity contribution < 1.29 is 32.3 Å². The number of nitrogens with zero attached hydrogens (tertiary/aromatic N) is 1. The van der Waals surface area contributed by atoms with E-state index in [9.17, 15) is 32.3 Å². The Balaban J connectivity index is 1.41. The molecule has 1 aliphatic carbocycles. The van der Waals surface area contributed by atoms with Crippen LogP contribution in [0.1, 0.15) is 40.9 Å². The Kier molecular flexibility index (Phi) is 6.75. The Labute approximate surface area is 201 Å². The molecule has 0 saturated heterocycles. The van der Waals surface area contributed by atoms with Gasteiger partial charge in [0, 0.05) is 47.3 Å². The number of fused-ring (bicyclic) bond motifs is 3. The SMILES string of the molecule is CS(=O)(=O)c1ccc(C(=O)CCC(=O)NC2CCc3c(c4cc(F)ccc4n3CC(=O)O)C2)cc1. The van der Waals surface area contributed by atoms with Crippen LogP contribution in [-0.4, -0.2) is 48.0 Å². The molecule has 3 aromatic rings. The lowest BCUT2D eigenvalue weighted by atomic mass is 9.91. The van der Waals surface area contributed by atoms with Gasteiger partial charge < -0.3 is 15.0 Å². The lowest BCUT2D eigenvalue weighted by Crippen LogP contribution is -2.39. The summed E-state index contributed by atoms with van der Waals surface area (Å²) in [7, 11) is -3.36. The number of aliphatic carboxylic acids is 1. The number of rotatable bonds is 8. The number of carbonyl (C=O) groups excluding carboxylic acids is 2. The summed E-state index contributed by atoms with van der Waals surface area (Å²) in [5, 5.41) is 12.9. The van der Waals surface area contributed by atoms with Crippen LogP contribution in [0.25, 0.3) is 10.9 Å². The van der Waals surface area contributed by atoms with Gasteiger partial charge in [0.15, 0.2) is 15.6 Å². The first-order valence-electron chi connectivity index (χ1n) is 11.2. The lowest BCUT2D eigenvalue weighted by molar-refractivity contribution is -0.137. The molecule has 0 saturated carbocycles. The molecular formula is C25H25FN2O6S. The van der Waals surface area contributed by atoms with Crippen LogP contribution in [0.4, 0.5) is 4.39 Å². The number of halogens is 1. The van der Waals surface area contributed by atoms with Gasteiger partial charge in [-0.05, 0) is 55.2 Å². The number of nitrogens with one attached hydrogen (secondary N) is 1. The molecule has 0 bridgehead atoms. The zero-order chi connectivity index (χ0) is 25.3. The lowest BCUT2D eigenvalue weighted by Gasteiger charge is -2.25. The molecule has 1 amide bonds. The van der Waals surface area contributed by atoms with Crippen LogP contribution in [0.15, 0.2) is 47.4 Å². The van der Waals surface area contributed by atoms with Crippen molar-refractivity contribution in [2.75, 3.05) is 6.26 Å². The van der Waals surface area contributed by atoms with Crippen molar-refractivity contribution in [3.63, 3.8) is 0 Å². The summed E-state index contributed by atoms with van der Waals surface area (Å²) in [6.07, 6.45) is 2.61. The number of benzene rings is 2. The first kappa shape index (κ1) is 24.6. The van der Waals surface area contributed by atoms with Crippen molar-refractivity contribution in [2.24, 2.45) is 0 Å². The molecule has 4 rings (SSSR count). The molecule has 2 N–H and O–H groups in total. The van der Waals surface area contributed by atoms with Gasteiger partial charge in [0.25, 0.3) is 0 Å². The minimum atomic E-state index is -3.36. The predicted molar refractivity (Wildman–Crippen MR) is 127 cm³/mol. The summed E-state index contributed by atoms with van der Waals surface area (Å²) in [5.41, 5.74) is 2.66. The average molecular weight is 501 g/mol. The van der Waals surface area contributed by atoms with Crippen molar-refractivity contribution in [2.45, 2.75) is 49.6 Å². The summed E-state index contributed by atoms with van der Waals surface area (Å²) in [6.45, 7) is -0.220. The quantitative estimate of drug-likeness (QED) is 0.459. The fraction of sp³-hybridized carbons (Fsp3) is 0.320. The summed E-state index contributed by atoms with van der Waals surface area (Å²) < 4.78 is 38.7. The third-order valence-electron chi connectivity index (χ3n) is 6.27. The molecule has 35 heavy (non-hydrogen) atoms. The number of hydrogen-bond acceptors (Lipinski definition) is 5. The highest BCUT2D eigenvalue weighted by Gasteiger charge is 2.27. The Bertz CT molecular complexity index is 1430. The van der Waals surface area contributed by atoms with Gasteiger partial charge in [-0.2, -0.15) is 0 Å². The topological polar surface area (TPSA) is 123 Å². The minimum absolute atomic E-state index is 0.0224. The second kappa shape index (κ2) is 9.61. The Morgan fingerprint density at radius 3 is 2.49 bits per heavy atom. The number of carboxylic acid groups (broad SMARTS) is 1.